The molecule has 5 atom stereocenters. The average molecular weight is 344 g/mol. The largest absolute Gasteiger partial charge is 0.508 e. The van der Waals surface area contributed by atoms with Crippen LogP contribution in [0.3, 0.4) is 0 Å². The van der Waals surface area contributed by atoms with E-state index in [1.807, 2.05) is 12.1 Å². The van der Waals surface area contributed by atoms with E-state index in [2.05, 4.69) is 18.3 Å². The third-order valence-electron chi connectivity index (χ3n) is 7.86. The van der Waals surface area contributed by atoms with E-state index in [0.29, 0.717) is 17.1 Å². The monoisotopic (exact) mass is 343 g/mol. The molecule has 0 aliphatic heterocycles. The van der Waals surface area contributed by atoms with E-state index in [9.17, 15) is 5.11 Å². The summed E-state index contributed by atoms with van der Waals surface area (Å²) in [5, 5.41) is 22.1. The molecule has 4 rings (SSSR count). The van der Waals surface area contributed by atoms with Gasteiger partial charge >= 0.3 is 0 Å². The van der Waals surface area contributed by atoms with Crippen LogP contribution in [0.5, 0.6) is 5.75 Å². The predicted molar refractivity (Wildman–Crippen MR) is 101 cm³/mol. The number of phenolic OH excluding ortho intramolecular Hbond substituents is 1. The minimum atomic E-state index is 0.239. The first-order chi connectivity index (χ1) is 12.1. The summed E-state index contributed by atoms with van der Waals surface area (Å²) in [5.41, 5.74) is 3.44. The fourth-order valence-corrected chi connectivity index (χ4v) is 6.63. The van der Waals surface area contributed by atoms with Gasteiger partial charge in [-0.3, -0.25) is 0 Å². The highest BCUT2D eigenvalue weighted by Crippen LogP contribution is 2.63. The van der Waals surface area contributed by atoms with Crippen LogP contribution in [0.2, 0.25) is 0 Å². The summed E-state index contributed by atoms with van der Waals surface area (Å²) in [6.45, 7) is 4.58. The Kier molecular flexibility index (Phi) is 4.81. The highest BCUT2D eigenvalue weighted by atomic mass is 16.3. The molecule has 0 saturated heterocycles. The molecule has 1 aromatic carbocycles. The van der Waals surface area contributed by atoms with Crippen molar-refractivity contribution in [1.29, 1.82) is 0 Å². The molecule has 3 heteroatoms. The SMILES string of the molecule is CC12CCC3c4ccc(O)cc4CCC3C1CCC2CCNCCO. The number of aliphatic hydroxyl groups is 1. The maximum Gasteiger partial charge on any atom is 0.115 e. The Hall–Kier alpha value is -1.06. The van der Waals surface area contributed by atoms with Crippen LogP contribution >= 0.6 is 0 Å². The number of rotatable bonds is 5. The van der Waals surface area contributed by atoms with Crippen LogP contribution in [-0.2, 0) is 6.42 Å². The summed E-state index contributed by atoms with van der Waals surface area (Å²) in [5.74, 6) is 3.69. The van der Waals surface area contributed by atoms with Crippen LogP contribution < -0.4 is 5.32 Å². The van der Waals surface area contributed by atoms with Crippen molar-refractivity contribution >= 4 is 0 Å². The minimum absolute atomic E-state index is 0.239. The Bertz CT molecular complexity index is 616. The van der Waals surface area contributed by atoms with Gasteiger partial charge in [0, 0.05) is 6.54 Å². The van der Waals surface area contributed by atoms with Gasteiger partial charge in [-0.15, -0.1) is 0 Å². The number of aromatic hydroxyl groups is 1. The van der Waals surface area contributed by atoms with Crippen molar-refractivity contribution < 1.29 is 10.2 Å². The van der Waals surface area contributed by atoms with Crippen LogP contribution in [0.25, 0.3) is 0 Å². The first-order valence-electron chi connectivity index (χ1n) is 10.3. The Morgan fingerprint density at radius 1 is 1.16 bits per heavy atom. The van der Waals surface area contributed by atoms with Crippen molar-refractivity contribution in [1.82, 2.24) is 5.32 Å². The topological polar surface area (TPSA) is 52.5 Å². The van der Waals surface area contributed by atoms with Gasteiger partial charge < -0.3 is 15.5 Å². The molecule has 0 bridgehead atoms. The first-order valence-corrected chi connectivity index (χ1v) is 10.3. The molecular formula is C22H33NO2. The second kappa shape index (κ2) is 6.92. The summed E-state index contributed by atoms with van der Waals surface area (Å²) < 4.78 is 0. The number of hydrogen-bond donors (Lipinski definition) is 3. The molecule has 0 radical (unpaired) electrons. The van der Waals surface area contributed by atoms with E-state index in [-0.39, 0.29) is 6.61 Å². The number of fused-ring (bicyclic) bond motifs is 5. The third kappa shape index (κ3) is 3.00. The van der Waals surface area contributed by atoms with Gasteiger partial charge in [0.15, 0.2) is 0 Å². The van der Waals surface area contributed by atoms with Gasteiger partial charge in [-0.1, -0.05) is 13.0 Å². The average Bonchev–Trinajstić information content (AvgIpc) is 2.95. The third-order valence-corrected chi connectivity index (χ3v) is 7.86. The van der Waals surface area contributed by atoms with Gasteiger partial charge in [-0.2, -0.15) is 0 Å². The molecule has 3 N–H and O–H groups in total. The normalized spacial score (nSPS) is 36.6. The van der Waals surface area contributed by atoms with Crippen molar-refractivity contribution in [2.75, 3.05) is 19.7 Å². The lowest BCUT2D eigenvalue weighted by molar-refractivity contribution is 0.0259. The molecule has 25 heavy (non-hydrogen) atoms. The zero-order valence-electron chi connectivity index (χ0n) is 15.5. The number of aryl methyl sites for hydroxylation is 1. The van der Waals surface area contributed by atoms with Crippen molar-refractivity contribution in [2.24, 2.45) is 23.2 Å². The summed E-state index contributed by atoms with van der Waals surface area (Å²) >= 11 is 0. The molecule has 0 aromatic heterocycles. The van der Waals surface area contributed by atoms with Crippen molar-refractivity contribution in [3.63, 3.8) is 0 Å². The molecule has 3 nitrogen and oxygen atoms in total. The highest BCUT2D eigenvalue weighted by Gasteiger charge is 2.54. The van der Waals surface area contributed by atoms with Gasteiger partial charge in [-0.05, 0) is 104 Å². The minimum Gasteiger partial charge on any atom is -0.508 e. The zero-order valence-corrected chi connectivity index (χ0v) is 15.5. The quantitative estimate of drug-likeness (QED) is 0.712. The summed E-state index contributed by atoms with van der Waals surface area (Å²) in [6.07, 6.45) is 9.15. The molecule has 5 unspecified atom stereocenters. The molecule has 0 spiro atoms. The van der Waals surface area contributed by atoms with E-state index >= 15 is 0 Å². The number of aliphatic hydroxyl groups excluding tert-OH is 1. The lowest BCUT2D eigenvalue weighted by Gasteiger charge is -2.51. The first kappa shape index (κ1) is 17.4. The maximum atomic E-state index is 9.81. The Morgan fingerprint density at radius 2 is 2.04 bits per heavy atom. The van der Waals surface area contributed by atoms with E-state index < -0.39 is 0 Å². The van der Waals surface area contributed by atoms with E-state index in [1.54, 1.807) is 0 Å². The number of benzene rings is 1. The van der Waals surface area contributed by atoms with Crippen LogP contribution in [0.4, 0.5) is 0 Å². The second-order valence-electron chi connectivity index (χ2n) is 8.88. The van der Waals surface area contributed by atoms with Crippen molar-refractivity contribution in [3.8, 4) is 5.75 Å². The lowest BCUT2D eigenvalue weighted by atomic mass is 9.54. The molecular weight excluding hydrogens is 310 g/mol. The van der Waals surface area contributed by atoms with E-state index in [1.165, 1.54) is 49.7 Å². The van der Waals surface area contributed by atoms with Crippen LogP contribution in [0.15, 0.2) is 18.2 Å². The molecule has 2 fully saturated rings. The summed E-state index contributed by atoms with van der Waals surface area (Å²) in [4.78, 5) is 0. The van der Waals surface area contributed by atoms with E-state index in [4.69, 9.17) is 5.11 Å². The maximum absolute atomic E-state index is 9.81. The predicted octanol–water partition coefficient (Wildman–Crippen LogP) is 3.84. The molecule has 1 aromatic rings. The molecule has 2 saturated carbocycles. The summed E-state index contributed by atoms with van der Waals surface area (Å²) in [7, 11) is 0. The standard InChI is InChI=1S/C22H33NO2/c1-22-10-8-19-18-6-4-17(25)14-15(18)2-5-20(19)21(22)7-3-16(22)9-11-23-12-13-24/h4,6,14,16,19-21,23-25H,2-3,5,7-13H2,1H3. The van der Waals surface area contributed by atoms with Crippen LogP contribution in [0.1, 0.15) is 62.5 Å². The molecule has 0 amide bonds. The molecule has 3 aliphatic rings. The number of nitrogens with one attached hydrogen (secondary N) is 1. The van der Waals surface area contributed by atoms with Crippen LogP contribution in [0, 0.1) is 23.2 Å². The molecule has 138 valence electrons. The smallest absolute Gasteiger partial charge is 0.115 e. The Morgan fingerprint density at radius 3 is 2.88 bits per heavy atom. The summed E-state index contributed by atoms with van der Waals surface area (Å²) in [6, 6.07) is 6.10. The van der Waals surface area contributed by atoms with Gasteiger partial charge in [0.2, 0.25) is 0 Å². The van der Waals surface area contributed by atoms with Gasteiger partial charge in [-0.25, -0.2) is 0 Å². The van der Waals surface area contributed by atoms with Crippen molar-refractivity contribution in [2.45, 2.75) is 57.8 Å². The number of phenols is 1. The Balaban J connectivity index is 1.49. The van der Waals surface area contributed by atoms with Gasteiger partial charge in [0.1, 0.15) is 5.75 Å². The van der Waals surface area contributed by atoms with Crippen LogP contribution in [-0.4, -0.2) is 29.9 Å². The highest BCUT2D eigenvalue weighted by molar-refractivity contribution is 5.40. The molecule has 0 heterocycles. The Labute approximate surface area is 151 Å². The van der Waals surface area contributed by atoms with Gasteiger partial charge in [0.25, 0.3) is 0 Å². The van der Waals surface area contributed by atoms with Crippen molar-refractivity contribution in [3.05, 3.63) is 29.3 Å². The number of hydrogen-bond acceptors (Lipinski definition) is 3. The fraction of sp³-hybridized carbons (Fsp3) is 0.727. The van der Waals surface area contributed by atoms with Gasteiger partial charge in [0.05, 0.1) is 6.61 Å². The zero-order chi connectivity index (χ0) is 17.4. The van der Waals surface area contributed by atoms with E-state index in [0.717, 1.165) is 37.3 Å². The second-order valence-corrected chi connectivity index (χ2v) is 8.88. The fourth-order valence-electron chi connectivity index (χ4n) is 6.63. The molecule has 3 aliphatic carbocycles. The lowest BCUT2D eigenvalue weighted by Crippen LogP contribution is -2.42.